The van der Waals surface area contributed by atoms with Gasteiger partial charge >= 0.3 is 5.97 Å². The fraction of sp³-hybridized carbons (Fsp3) is 0.471. The summed E-state index contributed by atoms with van der Waals surface area (Å²) < 4.78 is 6.42. The summed E-state index contributed by atoms with van der Waals surface area (Å²) in [5.74, 6) is -0.0754. The van der Waals surface area contributed by atoms with Crippen molar-refractivity contribution < 1.29 is 14.3 Å². The van der Waals surface area contributed by atoms with Gasteiger partial charge in [0.25, 0.3) is 5.91 Å². The molecule has 3 rings (SSSR count). The Morgan fingerprint density at radius 2 is 2.22 bits per heavy atom. The largest absolute Gasteiger partial charge is 0.469 e. The number of amides is 1. The van der Waals surface area contributed by atoms with Gasteiger partial charge in [-0.2, -0.15) is 5.10 Å². The molecule has 0 radical (unpaired) electrons. The van der Waals surface area contributed by atoms with Crippen LogP contribution < -0.4 is 5.32 Å². The molecule has 122 valence electrons. The highest BCUT2D eigenvalue weighted by Gasteiger charge is 2.49. The molecule has 1 fully saturated rings. The molecule has 1 aliphatic rings. The van der Waals surface area contributed by atoms with Gasteiger partial charge in [0.1, 0.15) is 0 Å². The second-order valence-corrected chi connectivity index (χ2v) is 6.64. The van der Waals surface area contributed by atoms with Crippen molar-refractivity contribution in [1.82, 2.24) is 14.9 Å². The van der Waals surface area contributed by atoms with Crippen molar-refractivity contribution in [2.75, 3.05) is 7.11 Å². The quantitative estimate of drug-likeness (QED) is 0.876. The monoisotopic (exact) mass is 315 g/mol. The van der Waals surface area contributed by atoms with E-state index < -0.39 is 0 Å². The van der Waals surface area contributed by atoms with Crippen LogP contribution in [-0.2, 0) is 9.53 Å². The van der Waals surface area contributed by atoms with Crippen molar-refractivity contribution in [3.8, 4) is 0 Å². The number of pyridine rings is 1. The number of nitrogens with one attached hydrogen (secondary N) is 1. The number of carbonyl (C=O) groups is 2. The van der Waals surface area contributed by atoms with Crippen LogP contribution in [-0.4, -0.2) is 34.6 Å². The third-order valence-electron chi connectivity index (χ3n) is 5.10. The number of carbonyl (C=O) groups excluding carboxylic acids is 2. The van der Waals surface area contributed by atoms with E-state index in [2.05, 4.69) is 24.3 Å². The molecule has 1 saturated carbocycles. The molecular weight excluding hydrogens is 294 g/mol. The van der Waals surface area contributed by atoms with Crippen molar-refractivity contribution in [1.29, 1.82) is 0 Å². The summed E-state index contributed by atoms with van der Waals surface area (Å²) in [5, 5.41) is 7.24. The molecular formula is C17H21N3O3. The summed E-state index contributed by atoms with van der Waals surface area (Å²) in [6.07, 6.45) is 4.67. The van der Waals surface area contributed by atoms with E-state index in [0.29, 0.717) is 12.0 Å². The minimum absolute atomic E-state index is 0.0489. The molecule has 2 heterocycles. The first-order valence-corrected chi connectivity index (χ1v) is 7.73. The van der Waals surface area contributed by atoms with Gasteiger partial charge in [0, 0.05) is 18.7 Å². The maximum Gasteiger partial charge on any atom is 0.305 e. The zero-order chi connectivity index (χ0) is 16.6. The van der Waals surface area contributed by atoms with Crippen LogP contribution in [0.1, 0.15) is 37.0 Å². The molecule has 2 aromatic rings. The van der Waals surface area contributed by atoms with Gasteiger partial charge in [-0.15, -0.1) is 0 Å². The van der Waals surface area contributed by atoms with Crippen molar-refractivity contribution >= 4 is 17.4 Å². The van der Waals surface area contributed by atoms with Crippen LogP contribution in [0.4, 0.5) is 0 Å². The molecule has 1 aliphatic carbocycles. The van der Waals surface area contributed by atoms with E-state index in [0.717, 1.165) is 11.9 Å². The van der Waals surface area contributed by atoms with Gasteiger partial charge in [0.2, 0.25) is 0 Å². The normalized spacial score (nSPS) is 22.4. The number of ether oxygens (including phenoxy) is 1. The van der Waals surface area contributed by atoms with Crippen LogP contribution in [0.15, 0.2) is 30.6 Å². The minimum Gasteiger partial charge on any atom is -0.469 e. The predicted molar refractivity (Wildman–Crippen MR) is 85.0 cm³/mol. The average molecular weight is 315 g/mol. The fourth-order valence-corrected chi connectivity index (χ4v) is 3.27. The van der Waals surface area contributed by atoms with Gasteiger partial charge in [0.05, 0.1) is 24.4 Å². The molecule has 2 unspecified atom stereocenters. The summed E-state index contributed by atoms with van der Waals surface area (Å²) in [6.45, 7) is 4.16. The number of rotatable bonds is 4. The Morgan fingerprint density at radius 3 is 2.91 bits per heavy atom. The molecule has 0 aliphatic heterocycles. The molecule has 6 heteroatoms. The lowest BCUT2D eigenvalue weighted by Gasteiger charge is -2.52. The number of esters is 1. The highest BCUT2D eigenvalue weighted by molar-refractivity contribution is 6.00. The van der Waals surface area contributed by atoms with E-state index >= 15 is 0 Å². The number of fused-ring (bicyclic) bond motifs is 1. The topological polar surface area (TPSA) is 72.7 Å². The van der Waals surface area contributed by atoms with Crippen molar-refractivity contribution in [2.45, 2.75) is 32.7 Å². The van der Waals surface area contributed by atoms with E-state index in [9.17, 15) is 9.59 Å². The van der Waals surface area contributed by atoms with Crippen LogP contribution in [0.25, 0.3) is 5.52 Å². The van der Waals surface area contributed by atoms with E-state index in [1.54, 1.807) is 22.8 Å². The molecule has 2 aromatic heterocycles. The number of methoxy groups -OCH3 is 1. The number of aromatic nitrogens is 2. The van der Waals surface area contributed by atoms with Crippen LogP contribution in [0.3, 0.4) is 0 Å². The van der Waals surface area contributed by atoms with E-state index in [-0.39, 0.29) is 29.3 Å². The SMILES string of the molecule is COC(=O)CC1CC(NC(=O)c2cccn3nccc23)C1(C)C. The van der Waals surface area contributed by atoms with Crippen LogP contribution in [0.2, 0.25) is 0 Å². The molecule has 23 heavy (non-hydrogen) atoms. The Bertz CT molecular complexity index is 750. The van der Waals surface area contributed by atoms with Crippen LogP contribution in [0.5, 0.6) is 0 Å². The zero-order valence-corrected chi connectivity index (χ0v) is 13.6. The Morgan fingerprint density at radius 1 is 1.43 bits per heavy atom. The second-order valence-electron chi connectivity index (χ2n) is 6.64. The van der Waals surface area contributed by atoms with Gasteiger partial charge in [-0.25, -0.2) is 4.52 Å². The van der Waals surface area contributed by atoms with E-state index in [4.69, 9.17) is 4.74 Å². The van der Waals surface area contributed by atoms with E-state index in [1.807, 2.05) is 12.3 Å². The molecule has 0 saturated heterocycles. The predicted octanol–water partition coefficient (Wildman–Crippen LogP) is 2.04. The van der Waals surface area contributed by atoms with Gasteiger partial charge < -0.3 is 10.1 Å². The zero-order valence-electron chi connectivity index (χ0n) is 13.6. The first-order valence-electron chi connectivity index (χ1n) is 7.73. The van der Waals surface area contributed by atoms with Crippen LogP contribution >= 0.6 is 0 Å². The Kier molecular flexibility index (Phi) is 3.83. The average Bonchev–Trinajstić information content (AvgIpc) is 3.01. The molecule has 0 spiro atoms. The highest BCUT2D eigenvalue weighted by Crippen LogP contribution is 2.48. The first kappa shape index (κ1) is 15.5. The maximum atomic E-state index is 12.6. The minimum atomic E-state index is -0.197. The Hall–Kier alpha value is -2.37. The fourth-order valence-electron chi connectivity index (χ4n) is 3.27. The molecule has 6 nitrogen and oxygen atoms in total. The Labute approximate surface area is 134 Å². The van der Waals surface area contributed by atoms with E-state index in [1.165, 1.54) is 7.11 Å². The number of nitrogens with zero attached hydrogens (tertiary/aromatic N) is 2. The summed E-state index contributed by atoms with van der Waals surface area (Å²) in [7, 11) is 1.40. The molecule has 1 amide bonds. The Balaban J connectivity index is 1.70. The third kappa shape index (κ3) is 2.69. The lowest BCUT2D eigenvalue weighted by atomic mass is 9.57. The highest BCUT2D eigenvalue weighted by atomic mass is 16.5. The summed E-state index contributed by atoms with van der Waals surface area (Å²) >= 11 is 0. The number of hydrogen-bond donors (Lipinski definition) is 1. The number of hydrogen-bond acceptors (Lipinski definition) is 4. The maximum absolute atomic E-state index is 12.6. The molecule has 2 atom stereocenters. The van der Waals surface area contributed by atoms with Gasteiger partial charge in [-0.3, -0.25) is 9.59 Å². The van der Waals surface area contributed by atoms with Crippen molar-refractivity contribution in [3.63, 3.8) is 0 Å². The van der Waals surface area contributed by atoms with Crippen molar-refractivity contribution in [2.24, 2.45) is 11.3 Å². The van der Waals surface area contributed by atoms with Gasteiger partial charge in [-0.05, 0) is 36.0 Å². The van der Waals surface area contributed by atoms with Crippen LogP contribution in [0, 0.1) is 11.3 Å². The first-order chi connectivity index (χ1) is 10.9. The molecule has 0 aromatic carbocycles. The summed E-state index contributed by atoms with van der Waals surface area (Å²) in [5.41, 5.74) is 1.26. The molecule has 1 N–H and O–H groups in total. The van der Waals surface area contributed by atoms with Gasteiger partial charge in [0.15, 0.2) is 0 Å². The smallest absolute Gasteiger partial charge is 0.305 e. The lowest BCUT2D eigenvalue weighted by Crippen LogP contribution is -2.58. The second kappa shape index (κ2) is 5.68. The van der Waals surface area contributed by atoms with Crippen molar-refractivity contribution in [3.05, 3.63) is 36.2 Å². The van der Waals surface area contributed by atoms with Gasteiger partial charge in [-0.1, -0.05) is 13.8 Å². The molecule has 0 bridgehead atoms. The summed E-state index contributed by atoms with van der Waals surface area (Å²) in [4.78, 5) is 24.0. The lowest BCUT2D eigenvalue weighted by molar-refractivity contribution is -0.145. The third-order valence-corrected chi connectivity index (χ3v) is 5.10. The summed E-state index contributed by atoms with van der Waals surface area (Å²) in [6, 6.07) is 5.47. The standard InChI is InChI=1S/C17H21N3O3/c1-17(2)11(10-15(21)23-3)9-14(17)19-16(22)12-5-4-8-20-13(12)6-7-18-20/h4-8,11,14H,9-10H2,1-3H3,(H,19,22).